The Bertz CT molecular complexity index is 974. The molecule has 0 unspecified atom stereocenters. The summed E-state index contributed by atoms with van der Waals surface area (Å²) < 4.78 is 4.11. The van der Waals surface area contributed by atoms with Crippen LogP contribution in [0.1, 0.15) is 11.3 Å². The molecule has 0 amide bonds. The van der Waals surface area contributed by atoms with Gasteiger partial charge in [0.25, 0.3) is 0 Å². The Labute approximate surface area is 144 Å². The van der Waals surface area contributed by atoms with Gasteiger partial charge in [0.2, 0.25) is 0 Å². The minimum Gasteiger partial charge on any atom is -0.337 e. The number of nitrogens with zero attached hydrogens (tertiary/aromatic N) is 5. The third-order valence-corrected chi connectivity index (χ3v) is 4.40. The molecule has 0 aliphatic carbocycles. The highest BCUT2D eigenvalue weighted by Gasteiger charge is 2.15. The fourth-order valence-electron chi connectivity index (χ4n) is 3.02. The van der Waals surface area contributed by atoms with Crippen molar-refractivity contribution >= 4 is 22.5 Å². The van der Waals surface area contributed by atoms with Gasteiger partial charge in [-0.2, -0.15) is 0 Å². The molecule has 0 radical (unpaired) electrons. The highest BCUT2D eigenvalue weighted by Crippen LogP contribution is 2.29. The lowest BCUT2D eigenvalue weighted by molar-refractivity contribution is 0.689. The second kappa shape index (κ2) is 6.09. The normalized spacial score (nSPS) is 11.2. The predicted molar refractivity (Wildman–Crippen MR) is 94.5 cm³/mol. The second-order valence-electron chi connectivity index (χ2n) is 5.71. The molecule has 24 heavy (non-hydrogen) atoms. The molecular formula is C18H16ClN5. The van der Waals surface area contributed by atoms with Crippen molar-refractivity contribution in [1.82, 2.24) is 24.1 Å². The van der Waals surface area contributed by atoms with Gasteiger partial charge in [-0.25, -0.2) is 9.97 Å². The Kier molecular flexibility index (Phi) is 3.78. The number of benzene rings is 1. The number of aryl methyl sites for hydroxylation is 2. The van der Waals surface area contributed by atoms with Crippen molar-refractivity contribution in [2.75, 3.05) is 0 Å². The summed E-state index contributed by atoms with van der Waals surface area (Å²) in [6.07, 6.45) is 12.0. The van der Waals surface area contributed by atoms with E-state index in [4.69, 9.17) is 16.6 Å². The summed E-state index contributed by atoms with van der Waals surface area (Å²) in [6, 6.07) is 5.81. The van der Waals surface area contributed by atoms with Crippen LogP contribution in [-0.4, -0.2) is 24.1 Å². The smallest absolute Gasteiger partial charge is 0.0992 e. The van der Waals surface area contributed by atoms with Gasteiger partial charge in [0, 0.05) is 47.4 Å². The van der Waals surface area contributed by atoms with E-state index in [1.165, 1.54) is 5.56 Å². The van der Waals surface area contributed by atoms with Gasteiger partial charge in [-0.3, -0.25) is 4.98 Å². The monoisotopic (exact) mass is 337 g/mol. The number of hydrogen-bond acceptors (Lipinski definition) is 3. The van der Waals surface area contributed by atoms with Gasteiger partial charge in [0.05, 0.1) is 23.9 Å². The number of fused-ring (bicyclic) bond motifs is 1. The molecule has 3 heterocycles. The van der Waals surface area contributed by atoms with Gasteiger partial charge in [0.1, 0.15) is 0 Å². The largest absolute Gasteiger partial charge is 0.337 e. The molecule has 0 aliphatic rings. The highest BCUT2D eigenvalue weighted by atomic mass is 35.5. The average molecular weight is 338 g/mol. The van der Waals surface area contributed by atoms with Gasteiger partial charge >= 0.3 is 0 Å². The van der Waals surface area contributed by atoms with Crippen molar-refractivity contribution in [3.63, 3.8) is 0 Å². The van der Waals surface area contributed by atoms with E-state index in [1.54, 1.807) is 12.4 Å². The molecule has 0 saturated heterocycles. The third-order valence-electron chi connectivity index (χ3n) is 4.17. The minimum absolute atomic E-state index is 0.704. The van der Waals surface area contributed by atoms with E-state index in [2.05, 4.69) is 21.5 Å². The lowest BCUT2D eigenvalue weighted by Gasteiger charge is -2.16. The third kappa shape index (κ3) is 2.67. The fourth-order valence-corrected chi connectivity index (χ4v) is 3.20. The van der Waals surface area contributed by atoms with E-state index in [0.717, 1.165) is 35.2 Å². The molecule has 4 aromatic rings. The van der Waals surface area contributed by atoms with Gasteiger partial charge in [0.15, 0.2) is 0 Å². The standard InChI is InChI=1S/C18H16ClN5/c1-13-15(4-7-23-8-5-20-11-23)18(24-9-6-21-12-24)16-10-14(19)2-3-17(16)22-13/h2-3,5-6,8-12H,4,7H2,1H3. The Morgan fingerprint density at radius 1 is 1.08 bits per heavy atom. The van der Waals surface area contributed by atoms with Crippen LogP contribution in [0.2, 0.25) is 5.02 Å². The lowest BCUT2D eigenvalue weighted by atomic mass is 10.0. The minimum atomic E-state index is 0.704. The molecule has 0 aliphatic heterocycles. The zero-order chi connectivity index (χ0) is 16.5. The van der Waals surface area contributed by atoms with Gasteiger partial charge in [-0.15, -0.1) is 0 Å². The maximum atomic E-state index is 6.24. The number of pyridine rings is 1. The van der Waals surface area contributed by atoms with E-state index >= 15 is 0 Å². The Hall–Kier alpha value is -2.66. The first-order chi connectivity index (χ1) is 11.7. The molecule has 3 aromatic heterocycles. The number of imidazole rings is 2. The maximum absolute atomic E-state index is 6.24. The molecule has 1 aromatic carbocycles. The average Bonchev–Trinajstić information content (AvgIpc) is 3.26. The quantitative estimate of drug-likeness (QED) is 0.568. The van der Waals surface area contributed by atoms with E-state index < -0.39 is 0 Å². The zero-order valence-electron chi connectivity index (χ0n) is 13.2. The number of hydrogen-bond donors (Lipinski definition) is 0. The van der Waals surface area contributed by atoms with Gasteiger partial charge in [-0.05, 0) is 37.1 Å². The molecule has 0 N–H and O–H groups in total. The summed E-state index contributed by atoms with van der Waals surface area (Å²) in [5.41, 5.74) is 4.25. The van der Waals surface area contributed by atoms with Crippen LogP contribution in [0, 0.1) is 6.92 Å². The van der Waals surface area contributed by atoms with Crippen LogP contribution in [0.3, 0.4) is 0 Å². The van der Waals surface area contributed by atoms with Crippen LogP contribution >= 0.6 is 11.6 Å². The topological polar surface area (TPSA) is 48.5 Å². The first-order valence-corrected chi connectivity index (χ1v) is 8.13. The molecule has 0 bridgehead atoms. The Morgan fingerprint density at radius 2 is 1.92 bits per heavy atom. The van der Waals surface area contributed by atoms with Crippen molar-refractivity contribution in [1.29, 1.82) is 0 Å². The summed E-state index contributed by atoms with van der Waals surface area (Å²) in [5, 5.41) is 1.74. The van der Waals surface area contributed by atoms with Gasteiger partial charge in [-0.1, -0.05) is 11.6 Å². The number of aromatic nitrogens is 5. The van der Waals surface area contributed by atoms with Gasteiger partial charge < -0.3 is 9.13 Å². The van der Waals surface area contributed by atoms with Crippen LogP contribution in [0.5, 0.6) is 0 Å². The molecule has 6 heteroatoms. The molecule has 0 saturated carbocycles. The Balaban J connectivity index is 1.90. The van der Waals surface area contributed by atoms with Crippen LogP contribution in [0.25, 0.3) is 16.6 Å². The van der Waals surface area contributed by atoms with Crippen LogP contribution in [0.4, 0.5) is 0 Å². The van der Waals surface area contributed by atoms with E-state index in [-0.39, 0.29) is 0 Å². The maximum Gasteiger partial charge on any atom is 0.0992 e. The molecule has 0 spiro atoms. The van der Waals surface area contributed by atoms with E-state index in [9.17, 15) is 0 Å². The highest BCUT2D eigenvalue weighted by molar-refractivity contribution is 6.31. The molecule has 120 valence electrons. The van der Waals surface area contributed by atoms with E-state index in [0.29, 0.717) is 5.02 Å². The molecule has 0 fully saturated rings. The van der Waals surface area contributed by atoms with E-state index in [1.807, 2.05) is 47.8 Å². The first kappa shape index (κ1) is 14.9. The molecule has 5 nitrogen and oxygen atoms in total. The summed E-state index contributed by atoms with van der Waals surface area (Å²) in [7, 11) is 0. The van der Waals surface area contributed by atoms with Crippen molar-refractivity contribution < 1.29 is 0 Å². The summed E-state index contributed by atoms with van der Waals surface area (Å²) >= 11 is 6.24. The van der Waals surface area contributed by atoms with Crippen molar-refractivity contribution in [2.45, 2.75) is 19.9 Å². The molecular weight excluding hydrogens is 322 g/mol. The van der Waals surface area contributed by atoms with Crippen LogP contribution < -0.4 is 0 Å². The zero-order valence-corrected chi connectivity index (χ0v) is 14.0. The number of rotatable bonds is 4. The van der Waals surface area contributed by atoms with Crippen molar-refractivity contribution in [3.8, 4) is 5.69 Å². The van der Waals surface area contributed by atoms with Crippen molar-refractivity contribution in [2.24, 2.45) is 0 Å². The predicted octanol–water partition coefficient (Wildman–Crippen LogP) is 3.82. The summed E-state index contributed by atoms with van der Waals surface area (Å²) in [5.74, 6) is 0. The summed E-state index contributed by atoms with van der Waals surface area (Å²) in [4.78, 5) is 13.1. The van der Waals surface area contributed by atoms with Crippen LogP contribution in [-0.2, 0) is 13.0 Å². The first-order valence-electron chi connectivity index (χ1n) is 7.75. The second-order valence-corrected chi connectivity index (χ2v) is 6.14. The Morgan fingerprint density at radius 3 is 2.67 bits per heavy atom. The molecule has 0 atom stereocenters. The lowest BCUT2D eigenvalue weighted by Crippen LogP contribution is -2.08. The SMILES string of the molecule is Cc1nc2ccc(Cl)cc2c(-n2ccnc2)c1CCn1ccnc1. The van der Waals surface area contributed by atoms with Crippen LogP contribution in [0.15, 0.2) is 55.6 Å². The van der Waals surface area contributed by atoms with Crippen molar-refractivity contribution in [3.05, 3.63) is 71.9 Å². The summed E-state index contributed by atoms with van der Waals surface area (Å²) in [6.45, 7) is 2.90. The fraction of sp³-hybridized carbons (Fsp3) is 0.167. The number of halogens is 1. The molecule has 4 rings (SSSR count).